The SMILES string of the molecule is O=C(NC1COC1)c1ccc(CO)cc1. The first-order valence-electron chi connectivity index (χ1n) is 4.88. The van der Waals surface area contributed by atoms with Crippen molar-refractivity contribution in [2.75, 3.05) is 13.2 Å². The Hall–Kier alpha value is -1.39. The highest BCUT2D eigenvalue weighted by Crippen LogP contribution is 2.06. The first-order chi connectivity index (χ1) is 7.29. The molecule has 1 aliphatic heterocycles. The van der Waals surface area contributed by atoms with Crippen molar-refractivity contribution in [2.24, 2.45) is 0 Å². The van der Waals surface area contributed by atoms with E-state index in [1.54, 1.807) is 24.3 Å². The molecule has 0 aromatic heterocycles. The van der Waals surface area contributed by atoms with Gasteiger partial charge in [-0.3, -0.25) is 4.79 Å². The lowest BCUT2D eigenvalue weighted by atomic mass is 10.1. The average Bonchev–Trinajstić information content (AvgIpc) is 2.23. The standard InChI is InChI=1S/C11H13NO3/c13-5-8-1-3-9(4-2-8)11(14)12-10-6-15-7-10/h1-4,10,13H,5-7H2,(H,12,14). The molecule has 1 aromatic rings. The molecule has 1 heterocycles. The van der Waals surface area contributed by atoms with Crippen LogP contribution >= 0.6 is 0 Å². The molecule has 0 radical (unpaired) electrons. The highest BCUT2D eigenvalue weighted by Gasteiger charge is 2.20. The summed E-state index contributed by atoms with van der Waals surface area (Å²) in [5.74, 6) is -0.0900. The fourth-order valence-electron chi connectivity index (χ4n) is 1.35. The van der Waals surface area contributed by atoms with Crippen LogP contribution in [0.4, 0.5) is 0 Å². The number of ether oxygens (including phenoxy) is 1. The third kappa shape index (κ3) is 2.34. The lowest BCUT2D eigenvalue weighted by molar-refractivity contribution is -0.00346. The van der Waals surface area contributed by atoms with Gasteiger partial charge in [-0.25, -0.2) is 0 Å². The van der Waals surface area contributed by atoms with Crippen LogP contribution in [0.3, 0.4) is 0 Å². The molecule has 15 heavy (non-hydrogen) atoms. The fourth-order valence-corrected chi connectivity index (χ4v) is 1.35. The fraction of sp³-hybridized carbons (Fsp3) is 0.364. The van der Waals surface area contributed by atoms with Crippen LogP contribution in [0.15, 0.2) is 24.3 Å². The monoisotopic (exact) mass is 207 g/mol. The Kier molecular flexibility index (Phi) is 2.99. The van der Waals surface area contributed by atoms with Crippen molar-refractivity contribution in [3.05, 3.63) is 35.4 Å². The topological polar surface area (TPSA) is 58.6 Å². The van der Waals surface area contributed by atoms with Crippen LogP contribution in [-0.4, -0.2) is 30.3 Å². The Balaban J connectivity index is 1.98. The maximum Gasteiger partial charge on any atom is 0.251 e. The van der Waals surface area contributed by atoms with Gasteiger partial charge in [0, 0.05) is 5.56 Å². The third-order valence-corrected chi connectivity index (χ3v) is 2.37. The molecule has 1 amide bonds. The molecule has 2 N–H and O–H groups in total. The number of carbonyl (C=O) groups is 1. The average molecular weight is 207 g/mol. The van der Waals surface area contributed by atoms with Crippen LogP contribution in [0.1, 0.15) is 15.9 Å². The van der Waals surface area contributed by atoms with Crippen LogP contribution in [0.5, 0.6) is 0 Å². The molecule has 4 heteroatoms. The summed E-state index contributed by atoms with van der Waals surface area (Å²) in [6.07, 6.45) is 0. The lowest BCUT2D eigenvalue weighted by Gasteiger charge is -2.26. The predicted molar refractivity (Wildman–Crippen MR) is 54.4 cm³/mol. The molecule has 1 saturated heterocycles. The van der Waals surface area contributed by atoms with E-state index in [0.29, 0.717) is 18.8 Å². The molecule has 0 unspecified atom stereocenters. The molecule has 0 saturated carbocycles. The zero-order chi connectivity index (χ0) is 10.7. The largest absolute Gasteiger partial charge is 0.392 e. The number of rotatable bonds is 3. The van der Waals surface area contributed by atoms with Crippen LogP contribution in [-0.2, 0) is 11.3 Å². The second-order valence-electron chi connectivity index (χ2n) is 3.56. The second-order valence-corrected chi connectivity index (χ2v) is 3.56. The van der Waals surface area contributed by atoms with Gasteiger partial charge in [-0.2, -0.15) is 0 Å². The second kappa shape index (κ2) is 4.42. The molecule has 4 nitrogen and oxygen atoms in total. The van der Waals surface area contributed by atoms with E-state index in [-0.39, 0.29) is 18.6 Å². The van der Waals surface area contributed by atoms with Gasteiger partial charge >= 0.3 is 0 Å². The molecule has 0 aliphatic carbocycles. The third-order valence-electron chi connectivity index (χ3n) is 2.37. The molecule has 0 spiro atoms. The number of nitrogens with one attached hydrogen (secondary N) is 1. The molecule has 0 bridgehead atoms. The van der Waals surface area contributed by atoms with E-state index in [4.69, 9.17) is 9.84 Å². The number of aliphatic hydroxyl groups excluding tert-OH is 1. The number of amides is 1. The summed E-state index contributed by atoms with van der Waals surface area (Å²) >= 11 is 0. The highest BCUT2D eigenvalue weighted by atomic mass is 16.5. The van der Waals surface area contributed by atoms with Gasteiger partial charge in [-0.15, -0.1) is 0 Å². The summed E-state index contributed by atoms with van der Waals surface area (Å²) in [5, 5.41) is 11.7. The first kappa shape index (κ1) is 10.1. The summed E-state index contributed by atoms with van der Waals surface area (Å²) in [7, 11) is 0. The minimum absolute atomic E-state index is 0.00162. The van der Waals surface area contributed by atoms with Gasteiger partial charge in [-0.1, -0.05) is 12.1 Å². The zero-order valence-corrected chi connectivity index (χ0v) is 8.27. The Bertz CT molecular complexity index is 343. The van der Waals surface area contributed by atoms with Gasteiger partial charge in [0.25, 0.3) is 5.91 Å². The highest BCUT2D eigenvalue weighted by molar-refractivity contribution is 5.94. The Morgan fingerprint density at radius 3 is 2.53 bits per heavy atom. The van der Waals surface area contributed by atoms with Gasteiger partial charge in [0.2, 0.25) is 0 Å². The number of hydrogen-bond acceptors (Lipinski definition) is 3. The van der Waals surface area contributed by atoms with Crippen LogP contribution in [0, 0.1) is 0 Å². The molecular weight excluding hydrogens is 194 g/mol. The van der Waals surface area contributed by atoms with E-state index in [2.05, 4.69) is 5.32 Å². The van der Waals surface area contributed by atoms with E-state index in [9.17, 15) is 4.79 Å². The van der Waals surface area contributed by atoms with Gasteiger partial charge in [0.1, 0.15) is 0 Å². The van der Waals surface area contributed by atoms with E-state index >= 15 is 0 Å². The van der Waals surface area contributed by atoms with Crippen molar-refractivity contribution >= 4 is 5.91 Å². The summed E-state index contributed by atoms with van der Waals surface area (Å²) in [6, 6.07) is 7.05. The molecule has 1 fully saturated rings. The number of aliphatic hydroxyl groups is 1. The van der Waals surface area contributed by atoms with Gasteiger partial charge in [-0.05, 0) is 17.7 Å². The van der Waals surface area contributed by atoms with Crippen molar-refractivity contribution in [1.29, 1.82) is 0 Å². The zero-order valence-electron chi connectivity index (χ0n) is 8.27. The smallest absolute Gasteiger partial charge is 0.251 e. The summed E-state index contributed by atoms with van der Waals surface area (Å²) in [5.41, 5.74) is 1.41. The molecule has 1 aliphatic rings. The minimum atomic E-state index is -0.0900. The summed E-state index contributed by atoms with van der Waals surface area (Å²) in [6.45, 7) is 1.19. The minimum Gasteiger partial charge on any atom is -0.392 e. The van der Waals surface area contributed by atoms with E-state index in [1.807, 2.05) is 0 Å². The lowest BCUT2D eigenvalue weighted by Crippen LogP contribution is -2.48. The van der Waals surface area contributed by atoms with E-state index in [1.165, 1.54) is 0 Å². The number of hydrogen-bond donors (Lipinski definition) is 2. The molecule has 80 valence electrons. The summed E-state index contributed by atoms with van der Waals surface area (Å²) in [4.78, 5) is 11.6. The molecule has 1 aromatic carbocycles. The Morgan fingerprint density at radius 1 is 1.40 bits per heavy atom. The van der Waals surface area contributed by atoms with Crippen molar-refractivity contribution in [1.82, 2.24) is 5.32 Å². The Labute approximate surface area is 87.9 Å². The van der Waals surface area contributed by atoms with Gasteiger partial charge < -0.3 is 15.2 Å². The maximum absolute atomic E-state index is 11.6. The normalized spacial score (nSPS) is 15.8. The van der Waals surface area contributed by atoms with Crippen LogP contribution in [0.25, 0.3) is 0 Å². The quantitative estimate of drug-likeness (QED) is 0.749. The van der Waals surface area contributed by atoms with E-state index in [0.717, 1.165) is 5.56 Å². The first-order valence-corrected chi connectivity index (χ1v) is 4.88. The molecule has 2 rings (SSSR count). The van der Waals surface area contributed by atoms with Crippen molar-refractivity contribution in [3.63, 3.8) is 0 Å². The van der Waals surface area contributed by atoms with Crippen LogP contribution < -0.4 is 5.32 Å². The predicted octanol–water partition coefficient (Wildman–Crippen LogP) is 0.307. The molecule has 0 atom stereocenters. The van der Waals surface area contributed by atoms with E-state index < -0.39 is 0 Å². The maximum atomic E-state index is 11.6. The Morgan fingerprint density at radius 2 is 2.07 bits per heavy atom. The number of carbonyl (C=O) groups excluding carboxylic acids is 1. The van der Waals surface area contributed by atoms with Crippen LogP contribution in [0.2, 0.25) is 0 Å². The number of benzene rings is 1. The molecular formula is C11H13NO3. The van der Waals surface area contributed by atoms with Crippen molar-refractivity contribution in [3.8, 4) is 0 Å². The van der Waals surface area contributed by atoms with Crippen molar-refractivity contribution < 1.29 is 14.6 Å². The van der Waals surface area contributed by atoms with Gasteiger partial charge in [0.15, 0.2) is 0 Å². The van der Waals surface area contributed by atoms with Crippen molar-refractivity contribution in [2.45, 2.75) is 12.6 Å². The summed E-state index contributed by atoms with van der Waals surface area (Å²) < 4.78 is 4.96. The van der Waals surface area contributed by atoms with Gasteiger partial charge in [0.05, 0.1) is 25.9 Å².